The number of carbonyl (C=O) groups excluding carboxylic acids is 2. The first kappa shape index (κ1) is 17.4. The maximum absolute atomic E-state index is 13.0. The SMILES string of the molecule is Cc1cc(C(=O)N2CCN(C(=O)C3CC3)[C@@H]3CS(=O)(=O)C[C@@H]32)nc(C)n1. The van der Waals surface area contributed by atoms with Crippen LogP contribution in [0.4, 0.5) is 0 Å². The minimum Gasteiger partial charge on any atom is -0.335 e. The Balaban J connectivity index is 1.63. The normalized spacial score (nSPS) is 27.3. The first-order valence-corrected chi connectivity index (χ1v) is 10.7. The van der Waals surface area contributed by atoms with Crippen molar-refractivity contribution in [2.75, 3.05) is 24.6 Å². The largest absolute Gasteiger partial charge is 0.335 e. The summed E-state index contributed by atoms with van der Waals surface area (Å²) >= 11 is 0. The molecule has 0 aromatic carbocycles. The van der Waals surface area contributed by atoms with Crippen LogP contribution in [0, 0.1) is 19.8 Å². The van der Waals surface area contributed by atoms with E-state index in [4.69, 9.17) is 0 Å². The minimum atomic E-state index is -3.29. The highest BCUT2D eigenvalue weighted by Gasteiger charge is 2.51. The third-order valence-corrected chi connectivity index (χ3v) is 7.03. The van der Waals surface area contributed by atoms with Gasteiger partial charge in [0.25, 0.3) is 5.91 Å². The summed E-state index contributed by atoms with van der Waals surface area (Å²) in [5.41, 5.74) is 0.971. The van der Waals surface area contributed by atoms with Crippen LogP contribution >= 0.6 is 0 Å². The number of piperazine rings is 1. The third kappa shape index (κ3) is 3.08. The molecule has 8 nitrogen and oxygen atoms in total. The van der Waals surface area contributed by atoms with Gasteiger partial charge in [-0.3, -0.25) is 9.59 Å². The highest BCUT2D eigenvalue weighted by Crippen LogP contribution is 2.35. The van der Waals surface area contributed by atoms with Crippen molar-refractivity contribution in [2.45, 2.75) is 38.8 Å². The average molecular weight is 378 g/mol. The second-order valence-corrected chi connectivity index (χ2v) is 9.61. The zero-order valence-electron chi connectivity index (χ0n) is 14.9. The van der Waals surface area contributed by atoms with Crippen LogP contribution in [0.5, 0.6) is 0 Å². The number of carbonyl (C=O) groups is 2. The van der Waals surface area contributed by atoms with Crippen LogP contribution in [0.25, 0.3) is 0 Å². The van der Waals surface area contributed by atoms with E-state index >= 15 is 0 Å². The van der Waals surface area contributed by atoms with Crippen molar-refractivity contribution in [2.24, 2.45) is 5.92 Å². The second-order valence-electron chi connectivity index (χ2n) is 7.46. The maximum Gasteiger partial charge on any atom is 0.273 e. The van der Waals surface area contributed by atoms with E-state index in [-0.39, 0.29) is 34.9 Å². The fourth-order valence-corrected chi connectivity index (χ4v) is 6.00. The van der Waals surface area contributed by atoms with Gasteiger partial charge in [0.05, 0.1) is 23.6 Å². The van der Waals surface area contributed by atoms with Crippen LogP contribution in [0.15, 0.2) is 6.07 Å². The summed E-state index contributed by atoms with van der Waals surface area (Å²) < 4.78 is 24.5. The van der Waals surface area contributed by atoms with Crippen LogP contribution in [0.2, 0.25) is 0 Å². The van der Waals surface area contributed by atoms with Gasteiger partial charge in [-0.2, -0.15) is 0 Å². The molecule has 0 unspecified atom stereocenters. The molecule has 4 rings (SSSR count). The number of rotatable bonds is 2. The summed E-state index contributed by atoms with van der Waals surface area (Å²) in [5, 5.41) is 0. The van der Waals surface area contributed by atoms with E-state index in [0.717, 1.165) is 12.8 Å². The van der Waals surface area contributed by atoms with E-state index in [9.17, 15) is 18.0 Å². The van der Waals surface area contributed by atoms with Gasteiger partial charge in [-0.25, -0.2) is 18.4 Å². The zero-order chi connectivity index (χ0) is 18.6. The summed E-state index contributed by atoms with van der Waals surface area (Å²) in [5.74, 6) is 0.129. The minimum absolute atomic E-state index is 0.0355. The molecule has 1 saturated carbocycles. The molecule has 0 spiro atoms. The Morgan fingerprint density at radius 1 is 1.04 bits per heavy atom. The molecular formula is C17H22N4O4S. The van der Waals surface area contributed by atoms with Gasteiger partial charge in [-0.1, -0.05) is 0 Å². The van der Waals surface area contributed by atoms with Crippen molar-refractivity contribution in [3.63, 3.8) is 0 Å². The molecule has 26 heavy (non-hydrogen) atoms. The Bertz CT molecular complexity index is 860. The first-order chi connectivity index (χ1) is 12.2. The molecule has 0 radical (unpaired) electrons. The van der Waals surface area contributed by atoms with E-state index in [1.807, 2.05) is 0 Å². The van der Waals surface area contributed by atoms with Crippen molar-refractivity contribution >= 4 is 21.7 Å². The molecule has 2 atom stereocenters. The Labute approximate surface area is 152 Å². The molecule has 2 amide bonds. The van der Waals surface area contributed by atoms with Crippen LogP contribution in [-0.4, -0.2) is 76.7 Å². The molecular weight excluding hydrogens is 356 g/mol. The van der Waals surface area contributed by atoms with Crippen molar-refractivity contribution < 1.29 is 18.0 Å². The molecule has 0 bridgehead atoms. The van der Waals surface area contributed by atoms with E-state index in [1.165, 1.54) is 0 Å². The topological polar surface area (TPSA) is 101 Å². The molecule has 140 valence electrons. The predicted molar refractivity (Wildman–Crippen MR) is 93.2 cm³/mol. The predicted octanol–water partition coefficient (Wildman–Crippen LogP) is -0.0466. The number of aryl methyl sites for hydroxylation is 2. The lowest BCUT2D eigenvalue weighted by molar-refractivity contribution is -0.137. The summed E-state index contributed by atoms with van der Waals surface area (Å²) in [4.78, 5) is 37.3. The number of sulfone groups is 1. The fourth-order valence-electron chi connectivity index (χ4n) is 4.02. The molecule has 0 N–H and O–H groups in total. The Morgan fingerprint density at radius 3 is 2.27 bits per heavy atom. The zero-order valence-corrected chi connectivity index (χ0v) is 15.7. The van der Waals surface area contributed by atoms with Gasteiger partial charge in [-0.05, 0) is 32.8 Å². The Kier molecular flexibility index (Phi) is 4.02. The number of fused-ring (bicyclic) bond motifs is 1. The van der Waals surface area contributed by atoms with Gasteiger partial charge >= 0.3 is 0 Å². The number of nitrogens with zero attached hydrogens (tertiary/aromatic N) is 4. The first-order valence-electron chi connectivity index (χ1n) is 8.89. The molecule has 1 aromatic heterocycles. The van der Waals surface area contributed by atoms with Crippen LogP contribution < -0.4 is 0 Å². The van der Waals surface area contributed by atoms with Crippen LogP contribution in [0.3, 0.4) is 0 Å². The summed E-state index contributed by atoms with van der Waals surface area (Å²) in [6.45, 7) is 4.22. The lowest BCUT2D eigenvalue weighted by Gasteiger charge is -2.43. The lowest BCUT2D eigenvalue weighted by Crippen LogP contribution is -2.62. The molecule has 2 aliphatic heterocycles. The number of hydrogen-bond donors (Lipinski definition) is 0. The van der Waals surface area contributed by atoms with Gasteiger partial charge in [0.1, 0.15) is 11.5 Å². The fraction of sp³-hybridized carbons (Fsp3) is 0.647. The highest BCUT2D eigenvalue weighted by molar-refractivity contribution is 7.91. The molecule has 9 heteroatoms. The average Bonchev–Trinajstić information content (AvgIpc) is 3.34. The smallest absolute Gasteiger partial charge is 0.273 e. The van der Waals surface area contributed by atoms with Crippen molar-refractivity contribution in [1.29, 1.82) is 0 Å². The Hall–Kier alpha value is -2.03. The van der Waals surface area contributed by atoms with Gasteiger partial charge in [-0.15, -0.1) is 0 Å². The van der Waals surface area contributed by atoms with E-state index in [0.29, 0.717) is 24.6 Å². The van der Waals surface area contributed by atoms with Crippen molar-refractivity contribution in [3.8, 4) is 0 Å². The summed E-state index contributed by atoms with van der Waals surface area (Å²) in [6.07, 6.45) is 1.75. The Morgan fingerprint density at radius 2 is 1.65 bits per heavy atom. The molecule has 3 fully saturated rings. The van der Waals surface area contributed by atoms with Crippen LogP contribution in [0.1, 0.15) is 34.8 Å². The summed E-state index contributed by atoms with van der Waals surface area (Å²) in [6, 6.07) is 0.671. The maximum atomic E-state index is 13.0. The van der Waals surface area contributed by atoms with E-state index in [1.54, 1.807) is 29.7 Å². The highest BCUT2D eigenvalue weighted by atomic mass is 32.2. The molecule has 2 saturated heterocycles. The van der Waals surface area contributed by atoms with Crippen LogP contribution in [-0.2, 0) is 14.6 Å². The summed E-state index contributed by atoms with van der Waals surface area (Å²) in [7, 11) is -3.29. The molecule has 3 heterocycles. The van der Waals surface area contributed by atoms with E-state index in [2.05, 4.69) is 9.97 Å². The van der Waals surface area contributed by atoms with Crippen molar-refractivity contribution in [1.82, 2.24) is 19.8 Å². The number of hydrogen-bond acceptors (Lipinski definition) is 6. The standard InChI is InChI=1S/C17H22N4O4S/c1-10-7-13(19-11(2)18-10)17(23)21-6-5-20(16(22)12-3-4-12)14-8-26(24,25)9-15(14)21/h7,12,14-15H,3-6,8-9H2,1-2H3/t14-,15+/m1/s1. The lowest BCUT2D eigenvalue weighted by atomic mass is 10.0. The number of aromatic nitrogens is 2. The monoisotopic (exact) mass is 378 g/mol. The van der Waals surface area contributed by atoms with Gasteiger partial charge in [0.15, 0.2) is 9.84 Å². The van der Waals surface area contributed by atoms with Gasteiger partial charge in [0.2, 0.25) is 5.91 Å². The number of amides is 2. The quantitative estimate of drug-likeness (QED) is 0.715. The molecule has 1 aliphatic carbocycles. The molecule has 1 aromatic rings. The van der Waals surface area contributed by atoms with Gasteiger partial charge < -0.3 is 9.80 Å². The second kappa shape index (κ2) is 6.00. The third-order valence-electron chi connectivity index (χ3n) is 5.33. The molecule has 3 aliphatic rings. The van der Waals surface area contributed by atoms with E-state index < -0.39 is 21.9 Å². The van der Waals surface area contributed by atoms with Crippen molar-refractivity contribution in [3.05, 3.63) is 23.3 Å². The van der Waals surface area contributed by atoms with Gasteiger partial charge in [0, 0.05) is 24.7 Å².